The van der Waals surface area contributed by atoms with Crippen molar-refractivity contribution >= 4 is 17.3 Å². The number of nitrogens with zero attached hydrogens (tertiary/aromatic N) is 1. The monoisotopic (exact) mass is 310 g/mol. The van der Waals surface area contributed by atoms with E-state index in [1.54, 1.807) is 0 Å². The molecular weight excluding hydrogens is 284 g/mol. The quantitative estimate of drug-likeness (QED) is 0.777. The average Bonchev–Trinajstić information content (AvgIpc) is 2.48. The molecule has 1 saturated heterocycles. The van der Waals surface area contributed by atoms with Crippen molar-refractivity contribution in [2.45, 2.75) is 32.7 Å². The lowest BCUT2D eigenvalue weighted by Crippen LogP contribution is -2.30. The molecule has 1 heterocycles. The highest BCUT2D eigenvalue weighted by atomic mass is 35.5. The van der Waals surface area contributed by atoms with E-state index >= 15 is 0 Å². The molecule has 0 unspecified atom stereocenters. The molecule has 1 aliphatic heterocycles. The molecule has 0 radical (unpaired) electrons. The number of ether oxygens (including phenoxy) is 1. The first-order chi connectivity index (χ1) is 10.2. The van der Waals surface area contributed by atoms with E-state index in [9.17, 15) is 0 Å². The molecule has 0 aliphatic carbocycles. The Hall–Kier alpha value is -0.770. The summed E-state index contributed by atoms with van der Waals surface area (Å²) in [5, 5.41) is 4.32. The molecule has 4 heteroatoms. The van der Waals surface area contributed by atoms with Gasteiger partial charge < -0.3 is 15.0 Å². The Bertz CT molecular complexity index is 433. The molecule has 1 aliphatic rings. The van der Waals surface area contributed by atoms with Crippen molar-refractivity contribution in [3.05, 3.63) is 28.8 Å². The maximum absolute atomic E-state index is 6.46. The summed E-state index contributed by atoms with van der Waals surface area (Å²) in [5.74, 6) is 0.705. The fourth-order valence-corrected chi connectivity index (χ4v) is 3.28. The molecule has 0 aromatic heterocycles. The topological polar surface area (TPSA) is 24.5 Å². The number of hydrogen-bond acceptors (Lipinski definition) is 3. The van der Waals surface area contributed by atoms with Gasteiger partial charge in [-0.1, -0.05) is 30.7 Å². The van der Waals surface area contributed by atoms with E-state index in [0.29, 0.717) is 5.92 Å². The predicted octanol–water partition coefficient (Wildman–Crippen LogP) is 3.70. The van der Waals surface area contributed by atoms with Crippen LogP contribution in [0.1, 0.15) is 31.7 Å². The highest BCUT2D eigenvalue weighted by Gasteiger charge is 2.18. The van der Waals surface area contributed by atoms with Gasteiger partial charge in [0.15, 0.2) is 0 Å². The first-order valence-corrected chi connectivity index (χ1v) is 8.37. The van der Waals surface area contributed by atoms with Crippen LogP contribution in [-0.4, -0.2) is 33.4 Å². The van der Waals surface area contributed by atoms with E-state index in [1.807, 2.05) is 12.1 Å². The molecular formula is C17H27ClN2O. The van der Waals surface area contributed by atoms with Crippen LogP contribution in [0, 0.1) is 5.92 Å². The summed E-state index contributed by atoms with van der Waals surface area (Å²) in [6, 6.07) is 6.20. The molecule has 1 fully saturated rings. The fourth-order valence-electron chi connectivity index (χ4n) is 2.94. The molecule has 1 aromatic carbocycles. The molecule has 0 bridgehead atoms. The number of benzene rings is 1. The van der Waals surface area contributed by atoms with Gasteiger partial charge in [0.1, 0.15) is 0 Å². The third-order valence-corrected chi connectivity index (χ3v) is 4.37. The molecule has 21 heavy (non-hydrogen) atoms. The van der Waals surface area contributed by atoms with Gasteiger partial charge in [0.05, 0.1) is 10.7 Å². The summed E-state index contributed by atoms with van der Waals surface area (Å²) in [7, 11) is 2.15. The van der Waals surface area contributed by atoms with Gasteiger partial charge >= 0.3 is 0 Å². The van der Waals surface area contributed by atoms with Crippen molar-refractivity contribution < 1.29 is 4.74 Å². The smallest absolute Gasteiger partial charge is 0.0642 e. The van der Waals surface area contributed by atoms with E-state index in [1.165, 1.54) is 11.3 Å². The van der Waals surface area contributed by atoms with Gasteiger partial charge in [-0.2, -0.15) is 0 Å². The number of para-hydroxylation sites is 1. The van der Waals surface area contributed by atoms with Crippen LogP contribution in [0.3, 0.4) is 0 Å². The second-order valence-corrected chi connectivity index (χ2v) is 6.27. The number of halogens is 1. The standard InChI is InChI=1S/C17H27ClN2O/c1-3-9-19-12-15-5-4-6-16(18)17(15)20(2)13-14-7-10-21-11-8-14/h4-6,14,19H,3,7-13H2,1-2H3. The normalized spacial score (nSPS) is 16.1. The molecule has 1 N–H and O–H groups in total. The molecule has 0 spiro atoms. The largest absolute Gasteiger partial charge is 0.381 e. The van der Waals surface area contributed by atoms with Crippen LogP contribution in [0.25, 0.3) is 0 Å². The Morgan fingerprint density at radius 1 is 1.33 bits per heavy atom. The van der Waals surface area contributed by atoms with Crippen molar-refractivity contribution in [3.8, 4) is 0 Å². The van der Waals surface area contributed by atoms with Crippen molar-refractivity contribution in [3.63, 3.8) is 0 Å². The summed E-state index contributed by atoms with van der Waals surface area (Å²) >= 11 is 6.46. The van der Waals surface area contributed by atoms with E-state index in [4.69, 9.17) is 16.3 Å². The summed E-state index contributed by atoms with van der Waals surface area (Å²) in [5.41, 5.74) is 2.46. The molecule has 0 amide bonds. The molecule has 0 atom stereocenters. The minimum Gasteiger partial charge on any atom is -0.381 e. The average molecular weight is 311 g/mol. The molecule has 3 nitrogen and oxygen atoms in total. The Labute approximate surface area is 133 Å². The predicted molar refractivity (Wildman–Crippen MR) is 90.3 cm³/mol. The number of hydrogen-bond donors (Lipinski definition) is 1. The van der Waals surface area contributed by atoms with E-state index in [-0.39, 0.29) is 0 Å². The third kappa shape index (κ3) is 4.87. The van der Waals surface area contributed by atoms with Crippen molar-refractivity contribution in [1.29, 1.82) is 0 Å². The zero-order valence-electron chi connectivity index (χ0n) is 13.2. The van der Waals surface area contributed by atoms with Crippen LogP contribution in [0.15, 0.2) is 18.2 Å². The van der Waals surface area contributed by atoms with Gasteiger partial charge in [0.25, 0.3) is 0 Å². The Morgan fingerprint density at radius 3 is 2.81 bits per heavy atom. The van der Waals surface area contributed by atoms with Crippen LogP contribution in [0.2, 0.25) is 5.02 Å². The highest BCUT2D eigenvalue weighted by molar-refractivity contribution is 6.33. The van der Waals surface area contributed by atoms with Gasteiger partial charge in [0, 0.05) is 33.4 Å². The SMILES string of the molecule is CCCNCc1cccc(Cl)c1N(C)CC1CCOCC1. The zero-order chi connectivity index (χ0) is 15.1. The minimum absolute atomic E-state index is 0.705. The van der Waals surface area contributed by atoms with Gasteiger partial charge in [-0.3, -0.25) is 0 Å². The van der Waals surface area contributed by atoms with Crippen LogP contribution in [0.5, 0.6) is 0 Å². The number of anilines is 1. The van der Waals surface area contributed by atoms with Gasteiger partial charge in [-0.05, 0) is 43.4 Å². The Kier molecular flexibility index (Phi) is 6.81. The van der Waals surface area contributed by atoms with Crippen LogP contribution < -0.4 is 10.2 Å². The lowest BCUT2D eigenvalue weighted by Gasteiger charge is -2.30. The summed E-state index contributed by atoms with van der Waals surface area (Å²) in [4.78, 5) is 2.32. The summed E-state index contributed by atoms with van der Waals surface area (Å²) in [6.45, 7) is 6.94. The summed E-state index contributed by atoms with van der Waals surface area (Å²) in [6.07, 6.45) is 3.45. The van der Waals surface area contributed by atoms with Gasteiger partial charge in [-0.15, -0.1) is 0 Å². The molecule has 0 saturated carbocycles. The maximum Gasteiger partial charge on any atom is 0.0642 e. The first kappa shape index (κ1) is 16.6. The maximum atomic E-state index is 6.46. The van der Waals surface area contributed by atoms with Crippen molar-refractivity contribution in [1.82, 2.24) is 5.32 Å². The number of nitrogens with one attached hydrogen (secondary N) is 1. The second kappa shape index (κ2) is 8.62. The zero-order valence-corrected chi connectivity index (χ0v) is 14.0. The van der Waals surface area contributed by atoms with Gasteiger partial charge in [-0.25, -0.2) is 0 Å². The lowest BCUT2D eigenvalue weighted by atomic mass is 9.99. The van der Waals surface area contributed by atoms with Crippen LogP contribution in [0.4, 0.5) is 5.69 Å². The lowest BCUT2D eigenvalue weighted by molar-refractivity contribution is 0.0685. The van der Waals surface area contributed by atoms with Crippen LogP contribution in [-0.2, 0) is 11.3 Å². The second-order valence-electron chi connectivity index (χ2n) is 5.86. The number of rotatable bonds is 7. The third-order valence-electron chi connectivity index (χ3n) is 4.07. The van der Waals surface area contributed by atoms with Crippen LogP contribution >= 0.6 is 11.6 Å². The minimum atomic E-state index is 0.705. The fraction of sp³-hybridized carbons (Fsp3) is 0.647. The Morgan fingerprint density at radius 2 is 2.10 bits per heavy atom. The van der Waals surface area contributed by atoms with Gasteiger partial charge in [0.2, 0.25) is 0 Å². The molecule has 2 rings (SSSR count). The van der Waals surface area contributed by atoms with Crippen molar-refractivity contribution in [2.75, 3.05) is 38.3 Å². The van der Waals surface area contributed by atoms with E-state index in [2.05, 4.69) is 30.3 Å². The summed E-state index contributed by atoms with van der Waals surface area (Å²) < 4.78 is 5.45. The molecule has 118 valence electrons. The first-order valence-electron chi connectivity index (χ1n) is 7.99. The van der Waals surface area contributed by atoms with Crippen molar-refractivity contribution in [2.24, 2.45) is 5.92 Å². The highest BCUT2D eigenvalue weighted by Crippen LogP contribution is 2.30. The Balaban J connectivity index is 2.04. The van der Waals surface area contributed by atoms with E-state index in [0.717, 1.165) is 57.1 Å². The molecule has 1 aromatic rings. The van der Waals surface area contributed by atoms with E-state index < -0.39 is 0 Å².